The smallest absolute Gasteiger partial charge is 0.198 e. The van der Waals surface area contributed by atoms with E-state index in [2.05, 4.69) is 17.0 Å². The Bertz CT molecular complexity index is 1000. The first-order chi connectivity index (χ1) is 13.7. The quantitative estimate of drug-likeness (QED) is 0.633. The van der Waals surface area contributed by atoms with E-state index >= 15 is 0 Å². The normalized spacial score (nSPS) is 25.1. The second-order valence-electron chi connectivity index (χ2n) is 7.55. The monoisotopic (exact) mass is 382 g/mol. The van der Waals surface area contributed by atoms with Gasteiger partial charge in [0.05, 0.1) is 6.04 Å². The van der Waals surface area contributed by atoms with Crippen molar-refractivity contribution in [2.75, 3.05) is 13.2 Å². The molecule has 1 saturated heterocycles. The van der Waals surface area contributed by atoms with Crippen molar-refractivity contribution in [2.45, 2.75) is 44.4 Å². The molecule has 28 heavy (non-hydrogen) atoms. The molecule has 0 bridgehead atoms. The molecule has 0 saturated carbocycles. The number of halogens is 1. The minimum absolute atomic E-state index is 0.0364. The number of rotatable bonds is 3. The van der Waals surface area contributed by atoms with E-state index in [1.165, 1.54) is 12.1 Å². The summed E-state index contributed by atoms with van der Waals surface area (Å²) in [6, 6.07) is 12.4. The van der Waals surface area contributed by atoms with Crippen molar-refractivity contribution >= 4 is 11.0 Å². The van der Waals surface area contributed by atoms with E-state index in [-0.39, 0.29) is 11.9 Å². The van der Waals surface area contributed by atoms with Crippen molar-refractivity contribution in [3.63, 3.8) is 0 Å². The summed E-state index contributed by atoms with van der Waals surface area (Å²) in [5, 5.41) is 5.20. The van der Waals surface area contributed by atoms with Gasteiger partial charge >= 0.3 is 0 Å². The van der Waals surface area contributed by atoms with Crippen LogP contribution in [-0.4, -0.2) is 28.9 Å². The SMILES string of the molecule is CCC1(N2CCCCC2c2noc3cc(F)ccc23)COc2ccccc2O1. The van der Waals surface area contributed by atoms with Crippen LogP contribution in [0, 0.1) is 5.82 Å². The third-order valence-electron chi connectivity index (χ3n) is 5.96. The summed E-state index contributed by atoms with van der Waals surface area (Å²) in [4.78, 5) is 2.37. The van der Waals surface area contributed by atoms with E-state index in [0.717, 1.165) is 54.8 Å². The molecule has 0 amide bonds. The molecule has 2 aliphatic heterocycles. The van der Waals surface area contributed by atoms with E-state index in [1.807, 2.05) is 24.3 Å². The predicted octanol–water partition coefficient (Wildman–Crippen LogP) is 5.07. The topological polar surface area (TPSA) is 47.7 Å². The predicted molar refractivity (Wildman–Crippen MR) is 103 cm³/mol. The number of fused-ring (bicyclic) bond motifs is 2. The second-order valence-corrected chi connectivity index (χ2v) is 7.55. The summed E-state index contributed by atoms with van der Waals surface area (Å²) >= 11 is 0. The highest BCUT2D eigenvalue weighted by Crippen LogP contribution is 2.44. The lowest BCUT2D eigenvalue weighted by Crippen LogP contribution is -2.60. The van der Waals surface area contributed by atoms with Gasteiger partial charge in [0.1, 0.15) is 18.1 Å². The molecule has 3 aromatic rings. The van der Waals surface area contributed by atoms with Crippen LogP contribution in [-0.2, 0) is 0 Å². The summed E-state index contributed by atoms with van der Waals surface area (Å²) in [5.41, 5.74) is 0.771. The summed E-state index contributed by atoms with van der Waals surface area (Å²) in [5.74, 6) is 1.23. The van der Waals surface area contributed by atoms with Crippen molar-refractivity contribution in [1.29, 1.82) is 0 Å². The molecule has 2 aliphatic rings. The van der Waals surface area contributed by atoms with Gasteiger partial charge in [0.2, 0.25) is 0 Å². The molecule has 3 heterocycles. The molecule has 0 radical (unpaired) electrons. The number of hydrogen-bond acceptors (Lipinski definition) is 5. The lowest BCUT2D eigenvalue weighted by molar-refractivity contribution is -0.157. The third kappa shape index (κ3) is 2.75. The fraction of sp³-hybridized carbons (Fsp3) is 0.409. The highest BCUT2D eigenvalue weighted by atomic mass is 19.1. The Kier molecular flexibility index (Phi) is 4.23. The van der Waals surface area contributed by atoms with Gasteiger partial charge in [-0.2, -0.15) is 0 Å². The Morgan fingerprint density at radius 3 is 2.89 bits per heavy atom. The molecule has 0 aliphatic carbocycles. The Labute approximate surface area is 163 Å². The Morgan fingerprint density at radius 2 is 2.04 bits per heavy atom. The lowest BCUT2D eigenvalue weighted by Gasteiger charge is -2.50. The van der Waals surface area contributed by atoms with Gasteiger partial charge in [-0.15, -0.1) is 0 Å². The molecule has 0 spiro atoms. The lowest BCUT2D eigenvalue weighted by atomic mass is 9.93. The number of aromatic nitrogens is 1. The van der Waals surface area contributed by atoms with Gasteiger partial charge in [-0.05, 0) is 37.1 Å². The van der Waals surface area contributed by atoms with Crippen LogP contribution in [0.4, 0.5) is 4.39 Å². The number of nitrogens with zero attached hydrogens (tertiary/aromatic N) is 2. The van der Waals surface area contributed by atoms with E-state index in [1.54, 1.807) is 6.07 Å². The third-order valence-corrected chi connectivity index (χ3v) is 5.96. The fourth-order valence-electron chi connectivity index (χ4n) is 4.47. The number of hydrogen-bond donors (Lipinski definition) is 0. The van der Waals surface area contributed by atoms with Gasteiger partial charge in [-0.3, -0.25) is 4.90 Å². The van der Waals surface area contributed by atoms with E-state index < -0.39 is 5.72 Å². The van der Waals surface area contributed by atoms with E-state index in [0.29, 0.717) is 12.2 Å². The van der Waals surface area contributed by atoms with E-state index in [9.17, 15) is 4.39 Å². The van der Waals surface area contributed by atoms with Gasteiger partial charge in [0.15, 0.2) is 22.8 Å². The molecule has 6 heteroatoms. The van der Waals surface area contributed by atoms with Crippen molar-refractivity contribution in [3.05, 3.63) is 54.0 Å². The van der Waals surface area contributed by atoms with Crippen LogP contribution >= 0.6 is 0 Å². The highest BCUT2D eigenvalue weighted by Gasteiger charge is 2.47. The maximum absolute atomic E-state index is 13.6. The molecule has 5 nitrogen and oxygen atoms in total. The summed E-state index contributed by atoms with van der Waals surface area (Å²) < 4.78 is 31.7. The van der Waals surface area contributed by atoms with Crippen molar-refractivity contribution < 1.29 is 18.4 Å². The zero-order chi connectivity index (χ0) is 19.1. The van der Waals surface area contributed by atoms with Crippen LogP contribution in [0.25, 0.3) is 11.0 Å². The van der Waals surface area contributed by atoms with Crippen LogP contribution in [0.15, 0.2) is 47.0 Å². The minimum atomic E-state index is -0.565. The number of likely N-dealkylation sites (tertiary alicyclic amines) is 1. The summed E-state index contributed by atoms with van der Waals surface area (Å²) in [6.45, 7) is 3.47. The van der Waals surface area contributed by atoms with Crippen LogP contribution < -0.4 is 9.47 Å². The maximum atomic E-state index is 13.6. The highest BCUT2D eigenvalue weighted by molar-refractivity contribution is 5.79. The van der Waals surface area contributed by atoms with Gasteiger partial charge in [0, 0.05) is 24.4 Å². The molecule has 146 valence electrons. The first-order valence-corrected chi connectivity index (χ1v) is 9.92. The summed E-state index contributed by atoms with van der Waals surface area (Å²) in [7, 11) is 0. The minimum Gasteiger partial charge on any atom is -0.484 e. The van der Waals surface area contributed by atoms with Crippen molar-refractivity contribution in [2.24, 2.45) is 0 Å². The molecule has 1 fully saturated rings. The number of ether oxygens (including phenoxy) is 2. The molecular weight excluding hydrogens is 359 g/mol. The van der Waals surface area contributed by atoms with Gasteiger partial charge in [-0.25, -0.2) is 4.39 Å². The molecule has 0 N–H and O–H groups in total. The van der Waals surface area contributed by atoms with Gasteiger partial charge in [0.25, 0.3) is 0 Å². The number of piperidine rings is 1. The molecule has 2 atom stereocenters. The average Bonchev–Trinajstić information content (AvgIpc) is 3.16. The maximum Gasteiger partial charge on any atom is 0.198 e. The first-order valence-electron chi connectivity index (χ1n) is 9.92. The molecule has 2 aromatic carbocycles. The number of benzene rings is 2. The Hall–Kier alpha value is -2.60. The molecule has 2 unspecified atom stereocenters. The van der Waals surface area contributed by atoms with Crippen LogP contribution in [0.2, 0.25) is 0 Å². The van der Waals surface area contributed by atoms with Gasteiger partial charge < -0.3 is 14.0 Å². The van der Waals surface area contributed by atoms with E-state index in [4.69, 9.17) is 14.0 Å². The Balaban J connectivity index is 1.55. The fourth-order valence-corrected chi connectivity index (χ4v) is 4.47. The molecule has 5 rings (SSSR count). The molecular formula is C22H23FN2O3. The second kappa shape index (κ2) is 6.78. The Morgan fingerprint density at radius 1 is 1.18 bits per heavy atom. The average molecular weight is 382 g/mol. The van der Waals surface area contributed by atoms with Crippen molar-refractivity contribution in [3.8, 4) is 11.5 Å². The largest absolute Gasteiger partial charge is 0.484 e. The summed E-state index contributed by atoms with van der Waals surface area (Å²) in [6.07, 6.45) is 3.93. The zero-order valence-electron chi connectivity index (χ0n) is 15.9. The molecule has 1 aromatic heterocycles. The van der Waals surface area contributed by atoms with Crippen LogP contribution in [0.5, 0.6) is 11.5 Å². The van der Waals surface area contributed by atoms with Crippen LogP contribution in [0.1, 0.15) is 44.3 Å². The van der Waals surface area contributed by atoms with Crippen molar-refractivity contribution in [1.82, 2.24) is 10.1 Å². The zero-order valence-corrected chi connectivity index (χ0v) is 15.9. The van der Waals surface area contributed by atoms with Crippen LogP contribution in [0.3, 0.4) is 0 Å². The number of para-hydroxylation sites is 2. The standard InChI is InChI=1S/C22H23FN2O3/c1-2-22(14-26-18-8-3-4-9-19(18)27-22)25-12-6-5-7-17(25)21-16-11-10-15(23)13-20(16)28-24-21/h3-4,8-11,13,17H,2,5-7,12,14H2,1H3. The first kappa shape index (κ1) is 17.5. The van der Waals surface area contributed by atoms with Gasteiger partial charge in [-0.1, -0.05) is 30.6 Å².